The highest BCUT2D eigenvalue weighted by Gasteiger charge is 2.19. The summed E-state index contributed by atoms with van der Waals surface area (Å²) in [6.45, 7) is 3.41. The summed E-state index contributed by atoms with van der Waals surface area (Å²) in [6, 6.07) is 0. The van der Waals surface area contributed by atoms with Gasteiger partial charge in [-0.05, 0) is 25.3 Å². The van der Waals surface area contributed by atoms with Crippen molar-refractivity contribution in [2.24, 2.45) is 11.7 Å². The molecule has 1 aromatic rings. The maximum absolute atomic E-state index is 5.46. The Hall–Kier alpha value is -0.940. The quantitative estimate of drug-likeness (QED) is 0.630. The molecule has 0 aliphatic heterocycles. The molecule has 1 fully saturated rings. The summed E-state index contributed by atoms with van der Waals surface area (Å²) in [7, 11) is 0. The van der Waals surface area contributed by atoms with Gasteiger partial charge in [0.05, 0.1) is 12.2 Å². The van der Waals surface area contributed by atoms with Crippen LogP contribution in [-0.4, -0.2) is 28.1 Å². The highest BCUT2D eigenvalue weighted by Crippen LogP contribution is 2.33. The number of nitrogens with two attached hydrogens (primary N) is 1. The molecule has 1 aromatic heterocycles. The van der Waals surface area contributed by atoms with E-state index in [9.17, 15) is 0 Å². The van der Waals surface area contributed by atoms with E-state index in [1.165, 1.54) is 25.7 Å². The van der Waals surface area contributed by atoms with Crippen LogP contribution in [0.2, 0.25) is 0 Å². The topological polar surface area (TPSA) is 68.8 Å². The van der Waals surface area contributed by atoms with Crippen LogP contribution in [0.25, 0.3) is 0 Å². The highest BCUT2D eigenvalue weighted by molar-refractivity contribution is 4.90. The van der Waals surface area contributed by atoms with Gasteiger partial charge in [0.2, 0.25) is 0 Å². The lowest BCUT2D eigenvalue weighted by Crippen LogP contribution is -2.21. The van der Waals surface area contributed by atoms with E-state index in [4.69, 9.17) is 5.73 Å². The average molecular weight is 223 g/mol. The monoisotopic (exact) mass is 223 g/mol. The molecule has 90 valence electrons. The third kappa shape index (κ3) is 3.90. The van der Waals surface area contributed by atoms with Crippen molar-refractivity contribution in [2.75, 3.05) is 13.1 Å². The Morgan fingerprint density at radius 2 is 2.31 bits per heavy atom. The van der Waals surface area contributed by atoms with Crippen molar-refractivity contribution in [3.8, 4) is 0 Å². The number of hydrogen-bond donors (Lipinski definition) is 2. The van der Waals surface area contributed by atoms with Crippen LogP contribution in [-0.2, 0) is 13.1 Å². The van der Waals surface area contributed by atoms with Crippen LogP contribution in [0.4, 0.5) is 0 Å². The first-order chi connectivity index (χ1) is 7.88. The van der Waals surface area contributed by atoms with Crippen molar-refractivity contribution >= 4 is 0 Å². The Labute approximate surface area is 96.4 Å². The maximum atomic E-state index is 5.46. The van der Waals surface area contributed by atoms with E-state index in [2.05, 4.69) is 15.6 Å². The van der Waals surface area contributed by atoms with Gasteiger partial charge in [0.1, 0.15) is 0 Å². The zero-order valence-corrected chi connectivity index (χ0v) is 9.73. The first-order valence-electron chi connectivity index (χ1n) is 6.18. The van der Waals surface area contributed by atoms with Crippen LogP contribution in [0.5, 0.6) is 0 Å². The summed E-state index contributed by atoms with van der Waals surface area (Å²) >= 11 is 0. The first-order valence-corrected chi connectivity index (χ1v) is 6.18. The van der Waals surface area contributed by atoms with Crippen LogP contribution < -0.4 is 11.1 Å². The van der Waals surface area contributed by atoms with E-state index in [1.54, 1.807) is 0 Å². The Kier molecular flexibility index (Phi) is 4.30. The Morgan fingerprint density at radius 3 is 3.00 bits per heavy atom. The lowest BCUT2D eigenvalue weighted by molar-refractivity contribution is 0.523. The summed E-state index contributed by atoms with van der Waals surface area (Å²) in [4.78, 5) is 0. The molecule has 0 bridgehead atoms. The lowest BCUT2D eigenvalue weighted by atomic mass is 10.2. The summed E-state index contributed by atoms with van der Waals surface area (Å²) in [5, 5.41) is 11.4. The van der Waals surface area contributed by atoms with E-state index < -0.39 is 0 Å². The van der Waals surface area contributed by atoms with Crippen LogP contribution in [0.3, 0.4) is 0 Å². The van der Waals surface area contributed by atoms with E-state index in [0.717, 1.165) is 31.2 Å². The van der Waals surface area contributed by atoms with Crippen LogP contribution in [0, 0.1) is 5.92 Å². The van der Waals surface area contributed by atoms with E-state index >= 15 is 0 Å². The molecule has 0 saturated heterocycles. The predicted octanol–water partition coefficient (Wildman–Crippen LogP) is 0.517. The van der Waals surface area contributed by atoms with Gasteiger partial charge in [-0.2, -0.15) is 0 Å². The molecule has 5 nitrogen and oxygen atoms in total. The third-order valence-corrected chi connectivity index (χ3v) is 2.98. The fraction of sp³-hybridized carbons (Fsp3) is 0.818. The van der Waals surface area contributed by atoms with Crippen molar-refractivity contribution in [3.05, 3.63) is 11.9 Å². The van der Waals surface area contributed by atoms with Gasteiger partial charge >= 0.3 is 0 Å². The zero-order valence-electron chi connectivity index (χ0n) is 9.73. The third-order valence-electron chi connectivity index (χ3n) is 2.98. The van der Waals surface area contributed by atoms with Crippen molar-refractivity contribution in [1.29, 1.82) is 0 Å². The first kappa shape index (κ1) is 11.5. The molecule has 16 heavy (non-hydrogen) atoms. The maximum Gasteiger partial charge on any atom is 0.0962 e. The summed E-state index contributed by atoms with van der Waals surface area (Å²) < 4.78 is 1.84. The molecule has 5 heteroatoms. The second-order valence-electron chi connectivity index (χ2n) is 4.51. The lowest BCUT2D eigenvalue weighted by Gasteiger charge is -2.03. The Balaban J connectivity index is 1.49. The van der Waals surface area contributed by atoms with E-state index in [-0.39, 0.29) is 0 Å². The summed E-state index contributed by atoms with van der Waals surface area (Å²) in [5.41, 5.74) is 6.32. The van der Waals surface area contributed by atoms with E-state index in [1.807, 2.05) is 10.9 Å². The number of rotatable bonds is 8. The van der Waals surface area contributed by atoms with Gasteiger partial charge in [0.25, 0.3) is 0 Å². The van der Waals surface area contributed by atoms with Crippen molar-refractivity contribution in [3.63, 3.8) is 0 Å². The molecule has 0 spiro atoms. The number of aromatic nitrogens is 3. The van der Waals surface area contributed by atoms with Gasteiger partial charge in [0, 0.05) is 19.3 Å². The van der Waals surface area contributed by atoms with Crippen molar-refractivity contribution in [1.82, 2.24) is 20.3 Å². The average Bonchev–Trinajstić information content (AvgIpc) is 3.01. The van der Waals surface area contributed by atoms with Gasteiger partial charge in [-0.3, -0.25) is 4.68 Å². The van der Waals surface area contributed by atoms with Crippen molar-refractivity contribution in [2.45, 2.75) is 38.8 Å². The van der Waals surface area contributed by atoms with Gasteiger partial charge in [-0.15, -0.1) is 5.10 Å². The minimum Gasteiger partial charge on any atom is -0.325 e. The number of hydrogen-bond acceptors (Lipinski definition) is 4. The minimum absolute atomic E-state index is 0.467. The molecule has 0 atom stereocenters. The molecule has 0 aromatic carbocycles. The minimum atomic E-state index is 0.467. The molecule has 0 radical (unpaired) electrons. The zero-order chi connectivity index (χ0) is 11.2. The van der Waals surface area contributed by atoms with Crippen molar-refractivity contribution < 1.29 is 0 Å². The molecular weight excluding hydrogens is 202 g/mol. The largest absolute Gasteiger partial charge is 0.325 e. The van der Waals surface area contributed by atoms with Gasteiger partial charge in [0.15, 0.2) is 0 Å². The second kappa shape index (κ2) is 5.96. The van der Waals surface area contributed by atoms with Crippen LogP contribution in [0.15, 0.2) is 6.20 Å². The fourth-order valence-electron chi connectivity index (χ4n) is 1.78. The van der Waals surface area contributed by atoms with Crippen LogP contribution >= 0.6 is 0 Å². The predicted molar refractivity (Wildman–Crippen MR) is 62.7 cm³/mol. The normalized spacial score (nSPS) is 15.6. The Morgan fingerprint density at radius 1 is 1.44 bits per heavy atom. The molecule has 1 aliphatic rings. The molecule has 1 heterocycles. The molecule has 1 aliphatic carbocycles. The van der Waals surface area contributed by atoms with Gasteiger partial charge < -0.3 is 11.1 Å². The number of nitrogens with one attached hydrogen (secondary N) is 1. The Bertz CT molecular complexity index is 305. The van der Waals surface area contributed by atoms with Gasteiger partial charge in [-0.25, -0.2) is 0 Å². The van der Waals surface area contributed by atoms with Crippen LogP contribution in [0.1, 0.15) is 31.4 Å². The molecule has 0 unspecified atom stereocenters. The summed E-state index contributed by atoms with van der Waals surface area (Å²) in [5.74, 6) is 1.05. The molecule has 3 N–H and O–H groups in total. The van der Waals surface area contributed by atoms with Gasteiger partial charge in [-0.1, -0.05) is 18.1 Å². The summed E-state index contributed by atoms with van der Waals surface area (Å²) in [6.07, 6.45) is 7.53. The molecule has 2 rings (SSSR count). The molecular formula is C11H21N5. The van der Waals surface area contributed by atoms with E-state index in [0.29, 0.717) is 6.54 Å². The fourth-order valence-corrected chi connectivity index (χ4v) is 1.78. The number of nitrogens with zero attached hydrogens (tertiary/aromatic N) is 3. The second-order valence-corrected chi connectivity index (χ2v) is 4.51. The molecule has 1 saturated carbocycles. The SMILES string of the molecule is NCc1cn(CCNCCCC2CC2)nn1. The smallest absolute Gasteiger partial charge is 0.0962 e. The highest BCUT2D eigenvalue weighted by atomic mass is 15.4. The molecule has 0 amide bonds. The standard InChI is InChI=1S/C11H21N5/c12-8-11-9-16(15-14-11)7-6-13-5-1-2-10-3-4-10/h9-10,13H,1-8,12H2.